The fourth-order valence-corrected chi connectivity index (χ4v) is 5.60. The summed E-state index contributed by atoms with van der Waals surface area (Å²) in [5, 5.41) is 0. The lowest BCUT2D eigenvalue weighted by atomic mass is 10.0. The molecule has 1 aromatic rings. The lowest BCUT2D eigenvalue weighted by Crippen LogP contribution is -2.39. The summed E-state index contributed by atoms with van der Waals surface area (Å²) in [5.74, 6) is 0.637. The van der Waals surface area contributed by atoms with Crippen molar-refractivity contribution in [1.29, 1.82) is 0 Å². The predicted molar refractivity (Wildman–Crippen MR) is 105 cm³/mol. The van der Waals surface area contributed by atoms with Crippen LogP contribution in [0.5, 0.6) is 5.75 Å². The molecule has 2 aliphatic rings. The Hall–Kier alpha value is -1.60. The Morgan fingerprint density at radius 3 is 2.41 bits per heavy atom. The van der Waals surface area contributed by atoms with Gasteiger partial charge < -0.3 is 9.64 Å². The summed E-state index contributed by atoms with van der Waals surface area (Å²) in [6.07, 6.45) is 6.14. The first-order chi connectivity index (χ1) is 12.9. The van der Waals surface area contributed by atoms with Crippen molar-refractivity contribution in [2.45, 2.75) is 50.3 Å². The van der Waals surface area contributed by atoms with E-state index in [-0.39, 0.29) is 10.8 Å². The lowest BCUT2D eigenvalue weighted by molar-refractivity contribution is 0.0758. The Kier molecular flexibility index (Phi) is 6.42. The molecule has 2 saturated heterocycles. The molecule has 27 heavy (non-hydrogen) atoms. The average molecular weight is 395 g/mol. The number of ether oxygens (including phenoxy) is 1. The number of hydrogen-bond donors (Lipinski definition) is 0. The van der Waals surface area contributed by atoms with E-state index in [1.807, 2.05) is 4.90 Å². The van der Waals surface area contributed by atoms with Gasteiger partial charge >= 0.3 is 0 Å². The summed E-state index contributed by atoms with van der Waals surface area (Å²) in [6.45, 7) is 4.56. The molecule has 1 amide bonds. The van der Waals surface area contributed by atoms with Crippen molar-refractivity contribution in [1.82, 2.24) is 9.21 Å². The van der Waals surface area contributed by atoms with Gasteiger partial charge in [0, 0.05) is 26.2 Å². The number of piperidine rings is 1. The van der Waals surface area contributed by atoms with Crippen LogP contribution in [0.3, 0.4) is 0 Å². The highest BCUT2D eigenvalue weighted by atomic mass is 32.2. The van der Waals surface area contributed by atoms with Crippen molar-refractivity contribution in [2.24, 2.45) is 5.92 Å². The number of hydrogen-bond acceptors (Lipinski definition) is 4. The molecular formula is C20H30N2O4S. The molecule has 0 unspecified atom stereocenters. The van der Waals surface area contributed by atoms with E-state index in [0.29, 0.717) is 43.4 Å². The standard InChI is InChI=1S/C20H30N2O4S/c1-16-8-7-13-22(15-16)27(24,25)17-9-10-19(26-2)18(14-17)20(23)21-11-5-3-4-6-12-21/h9-10,14,16H,3-8,11-13,15H2,1-2H3/t16-/m1/s1. The first-order valence-electron chi connectivity index (χ1n) is 9.91. The maximum absolute atomic E-state index is 13.1. The number of likely N-dealkylation sites (tertiary alicyclic amines) is 1. The Balaban J connectivity index is 1.91. The van der Waals surface area contributed by atoms with Crippen molar-refractivity contribution in [3.63, 3.8) is 0 Å². The Morgan fingerprint density at radius 2 is 1.78 bits per heavy atom. The van der Waals surface area contributed by atoms with Crippen LogP contribution in [0.2, 0.25) is 0 Å². The zero-order valence-corrected chi connectivity index (χ0v) is 17.1. The third-order valence-corrected chi connectivity index (χ3v) is 7.41. The minimum absolute atomic E-state index is 0.141. The van der Waals surface area contributed by atoms with Crippen LogP contribution in [-0.2, 0) is 10.0 Å². The molecule has 2 aliphatic heterocycles. The molecule has 2 fully saturated rings. The molecule has 0 aliphatic carbocycles. The van der Waals surface area contributed by atoms with Crippen molar-refractivity contribution in [3.05, 3.63) is 23.8 Å². The molecule has 0 spiro atoms. The maximum atomic E-state index is 13.1. The van der Waals surface area contributed by atoms with Gasteiger partial charge in [0.2, 0.25) is 10.0 Å². The van der Waals surface area contributed by atoms with Crippen LogP contribution in [0.4, 0.5) is 0 Å². The van der Waals surface area contributed by atoms with E-state index in [1.54, 1.807) is 16.4 Å². The first-order valence-corrected chi connectivity index (χ1v) is 11.3. The van der Waals surface area contributed by atoms with Gasteiger partial charge in [-0.2, -0.15) is 4.31 Å². The van der Waals surface area contributed by atoms with E-state index in [9.17, 15) is 13.2 Å². The summed E-state index contributed by atoms with van der Waals surface area (Å²) in [7, 11) is -2.10. The third kappa shape index (κ3) is 4.46. The van der Waals surface area contributed by atoms with E-state index in [4.69, 9.17) is 4.74 Å². The Labute approximate surface area is 162 Å². The van der Waals surface area contributed by atoms with Gasteiger partial charge in [0.15, 0.2) is 0 Å². The molecule has 3 rings (SSSR count). The van der Waals surface area contributed by atoms with E-state index >= 15 is 0 Å². The fourth-order valence-electron chi connectivity index (χ4n) is 3.97. The van der Waals surface area contributed by atoms with E-state index in [1.165, 1.54) is 13.2 Å². The minimum Gasteiger partial charge on any atom is -0.496 e. The van der Waals surface area contributed by atoms with Crippen LogP contribution in [0.15, 0.2) is 23.1 Å². The van der Waals surface area contributed by atoms with Gasteiger partial charge in [-0.25, -0.2) is 8.42 Å². The molecule has 2 heterocycles. The zero-order valence-electron chi connectivity index (χ0n) is 16.3. The molecule has 1 atom stereocenters. The number of benzene rings is 1. The van der Waals surface area contributed by atoms with Crippen molar-refractivity contribution in [3.8, 4) is 5.75 Å². The molecular weight excluding hydrogens is 364 g/mol. The van der Waals surface area contributed by atoms with Gasteiger partial charge in [0.25, 0.3) is 5.91 Å². The van der Waals surface area contributed by atoms with Crippen LogP contribution in [0.25, 0.3) is 0 Å². The molecule has 0 bridgehead atoms. The average Bonchev–Trinajstić information content (AvgIpc) is 2.96. The van der Waals surface area contributed by atoms with Crippen molar-refractivity contribution >= 4 is 15.9 Å². The molecule has 150 valence electrons. The predicted octanol–water partition coefficient (Wildman–Crippen LogP) is 3.13. The minimum atomic E-state index is -3.61. The quantitative estimate of drug-likeness (QED) is 0.787. The van der Waals surface area contributed by atoms with Gasteiger partial charge in [-0.1, -0.05) is 19.8 Å². The number of nitrogens with zero attached hydrogens (tertiary/aromatic N) is 2. The molecule has 1 aromatic carbocycles. The second-order valence-electron chi connectivity index (χ2n) is 7.68. The van der Waals surface area contributed by atoms with Crippen LogP contribution in [0.1, 0.15) is 55.8 Å². The van der Waals surface area contributed by atoms with Gasteiger partial charge in [0.1, 0.15) is 5.75 Å². The topological polar surface area (TPSA) is 66.9 Å². The highest BCUT2D eigenvalue weighted by molar-refractivity contribution is 7.89. The molecule has 7 heteroatoms. The van der Waals surface area contributed by atoms with E-state index < -0.39 is 10.0 Å². The SMILES string of the molecule is COc1ccc(S(=O)(=O)N2CCC[C@@H](C)C2)cc1C(=O)N1CCCCCC1. The normalized spacial score (nSPS) is 22.3. The highest BCUT2D eigenvalue weighted by Crippen LogP contribution is 2.29. The van der Waals surface area contributed by atoms with Gasteiger partial charge in [-0.05, 0) is 49.8 Å². The molecule has 0 aromatic heterocycles. The smallest absolute Gasteiger partial charge is 0.257 e. The number of methoxy groups -OCH3 is 1. The van der Waals surface area contributed by atoms with Gasteiger partial charge in [0.05, 0.1) is 17.6 Å². The number of carbonyl (C=O) groups is 1. The maximum Gasteiger partial charge on any atom is 0.257 e. The third-order valence-electron chi connectivity index (χ3n) is 5.55. The van der Waals surface area contributed by atoms with Crippen LogP contribution < -0.4 is 4.74 Å². The largest absolute Gasteiger partial charge is 0.496 e. The van der Waals surface area contributed by atoms with Crippen molar-refractivity contribution < 1.29 is 17.9 Å². The summed E-state index contributed by atoms with van der Waals surface area (Å²) < 4.78 is 33.1. The molecule has 0 saturated carbocycles. The zero-order chi connectivity index (χ0) is 19.4. The van der Waals surface area contributed by atoms with E-state index in [0.717, 1.165) is 38.5 Å². The summed E-state index contributed by atoms with van der Waals surface area (Å²) >= 11 is 0. The number of rotatable bonds is 4. The van der Waals surface area contributed by atoms with Crippen LogP contribution in [0, 0.1) is 5.92 Å². The second-order valence-corrected chi connectivity index (χ2v) is 9.62. The second kappa shape index (κ2) is 8.61. The first kappa shape index (κ1) is 20.1. The van der Waals surface area contributed by atoms with E-state index in [2.05, 4.69) is 6.92 Å². The van der Waals surface area contributed by atoms with Crippen LogP contribution >= 0.6 is 0 Å². The number of carbonyl (C=O) groups excluding carboxylic acids is 1. The Morgan fingerprint density at radius 1 is 1.07 bits per heavy atom. The van der Waals surface area contributed by atoms with Crippen LogP contribution in [-0.4, -0.2) is 56.8 Å². The Bertz CT molecular complexity index is 770. The number of sulfonamides is 1. The number of amides is 1. The van der Waals surface area contributed by atoms with Crippen molar-refractivity contribution in [2.75, 3.05) is 33.3 Å². The fraction of sp³-hybridized carbons (Fsp3) is 0.650. The molecule has 0 radical (unpaired) electrons. The summed E-state index contributed by atoms with van der Waals surface area (Å²) in [5.41, 5.74) is 0.338. The highest BCUT2D eigenvalue weighted by Gasteiger charge is 2.30. The van der Waals surface area contributed by atoms with Gasteiger partial charge in [-0.3, -0.25) is 4.79 Å². The summed E-state index contributed by atoms with van der Waals surface area (Å²) in [6, 6.07) is 4.65. The molecule has 6 nitrogen and oxygen atoms in total. The molecule has 0 N–H and O–H groups in total. The van der Waals surface area contributed by atoms with Gasteiger partial charge in [-0.15, -0.1) is 0 Å². The lowest BCUT2D eigenvalue weighted by Gasteiger charge is -2.30. The monoisotopic (exact) mass is 394 g/mol. The summed E-state index contributed by atoms with van der Waals surface area (Å²) in [4.78, 5) is 15.1.